The van der Waals surface area contributed by atoms with Gasteiger partial charge in [0.25, 0.3) is 5.91 Å². The zero-order chi connectivity index (χ0) is 17.7. The van der Waals surface area contributed by atoms with E-state index in [2.05, 4.69) is 15.5 Å². The van der Waals surface area contributed by atoms with Crippen LogP contribution in [0.4, 0.5) is 15.1 Å². The molecular weight excluding hydrogens is 327 g/mol. The number of benzene rings is 1. The fourth-order valence-electron chi connectivity index (χ4n) is 3.47. The summed E-state index contributed by atoms with van der Waals surface area (Å²) in [6.07, 6.45) is 0.269. The van der Waals surface area contributed by atoms with Crippen LogP contribution in [0.3, 0.4) is 0 Å². The maximum atomic E-state index is 13.2. The third-order valence-corrected chi connectivity index (χ3v) is 4.60. The molecule has 8 nitrogen and oxygen atoms in total. The first kappa shape index (κ1) is 15.6. The van der Waals surface area contributed by atoms with Crippen LogP contribution in [0, 0.1) is 5.82 Å². The molecule has 0 spiro atoms. The quantitative estimate of drug-likeness (QED) is 0.909. The van der Waals surface area contributed by atoms with Crippen LogP contribution in [-0.4, -0.2) is 51.2 Å². The molecule has 25 heavy (non-hydrogen) atoms. The second-order valence-corrected chi connectivity index (χ2v) is 6.16. The lowest BCUT2D eigenvalue weighted by Gasteiger charge is -2.36. The largest absolute Gasteiger partial charge is 0.325 e. The van der Waals surface area contributed by atoms with E-state index in [4.69, 9.17) is 0 Å². The Bertz CT molecular complexity index is 849. The highest BCUT2D eigenvalue weighted by molar-refractivity contribution is 6.02. The minimum atomic E-state index is -0.563. The Kier molecular flexibility index (Phi) is 3.45. The van der Waals surface area contributed by atoms with Crippen LogP contribution in [0.1, 0.15) is 19.5 Å². The molecule has 2 aliphatic heterocycles. The van der Waals surface area contributed by atoms with E-state index >= 15 is 0 Å². The van der Waals surface area contributed by atoms with Gasteiger partial charge in [0, 0.05) is 19.2 Å². The maximum Gasteiger partial charge on any atom is 0.325 e. The van der Waals surface area contributed by atoms with Crippen molar-refractivity contribution >= 4 is 17.9 Å². The predicted octanol–water partition coefficient (Wildman–Crippen LogP) is 1.36. The highest BCUT2D eigenvalue weighted by Gasteiger charge is 2.52. The van der Waals surface area contributed by atoms with E-state index in [9.17, 15) is 14.0 Å². The molecule has 3 amide bonds. The number of urea groups is 1. The molecule has 2 aliphatic rings. The van der Waals surface area contributed by atoms with Gasteiger partial charge in [0.15, 0.2) is 11.9 Å². The van der Waals surface area contributed by atoms with E-state index in [1.54, 1.807) is 23.7 Å². The number of carbonyl (C=O) groups is 2. The van der Waals surface area contributed by atoms with Crippen molar-refractivity contribution in [3.8, 4) is 11.4 Å². The van der Waals surface area contributed by atoms with Crippen molar-refractivity contribution in [3.05, 3.63) is 30.1 Å². The molecule has 1 fully saturated rings. The van der Waals surface area contributed by atoms with Crippen LogP contribution >= 0.6 is 0 Å². The Morgan fingerprint density at radius 2 is 1.92 bits per heavy atom. The summed E-state index contributed by atoms with van der Waals surface area (Å²) >= 11 is 0. The third kappa shape index (κ3) is 2.19. The molecule has 3 heterocycles. The van der Waals surface area contributed by atoms with Gasteiger partial charge in [-0.05, 0) is 30.7 Å². The summed E-state index contributed by atoms with van der Waals surface area (Å²) in [7, 11) is 1.63. The molecule has 1 N–H and O–H groups in total. The SMILES string of the molecule is CCCN1c2nnc(-c3ccc(F)cc3)n2C2C1C(=O)NC(=O)N2C. The van der Waals surface area contributed by atoms with Crippen molar-refractivity contribution in [2.75, 3.05) is 18.5 Å². The lowest BCUT2D eigenvalue weighted by atomic mass is 10.1. The molecule has 0 radical (unpaired) electrons. The van der Waals surface area contributed by atoms with E-state index in [0.29, 0.717) is 23.9 Å². The molecule has 0 saturated carbocycles. The second-order valence-electron chi connectivity index (χ2n) is 6.16. The van der Waals surface area contributed by atoms with Crippen molar-refractivity contribution < 1.29 is 14.0 Å². The van der Waals surface area contributed by atoms with Gasteiger partial charge < -0.3 is 9.80 Å². The fraction of sp³-hybridized carbons (Fsp3) is 0.375. The van der Waals surface area contributed by atoms with Crippen molar-refractivity contribution in [1.29, 1.82) is 0 Å². The molecule has 4 rings (SSSR count). The van der Waals surface area contributed by atoms with Crippen molar-refractivity contribution in [1.82, 2.24) is 25.0 Å². The number of imide groups is 1. The first-order chi connectivity index (χ1) is 12.0. The minimum absolute atomic E-state index is 0.347. The Balaban J connectivity index is 1.87. The van der Waals surface area contributed by atoms with Crippen LogP contribution in [0.15, 0.2) is 24.3 Å². The Morgan fingerprint density at radius 1 is 1.20 bits per heavy atom. The molecule has 0 bridgehead atoms. The zero-order valence-corrected chi connectivity index (χ0v) is 13.8. The van der Waals surface area contributed by atoms with Crippen LogP contribution in [0.5, 0.6) is 0 Å². The number of anilines is 1. The van der Waals surface area contributed by atoms with Gasteiger partial charge in [-0.15, -0.1) is 10.2 Å². The highest BCUT2D eigenvalue weighted by Crippen LogP contribution is 2.40. The van der Waals surface area contributed by atoms with E-state index in [0.717, 1.165) is 6.42 Å². The molecule has 1 aromatic heterocycles. The number of nitrogens with one attached hydrogen (secondary N) is 1. The Labute approximate surface area is 143 Å². The first-order valence-corrected chi connectivity index (χ1v) is 8.08. The first-order valence-electron chi connectivity index (χ1n) is 8.08. The smallest absolute Gasteiger partial charge is 0.325 e. The van der Waals surface area contributed by atoms with Crippen LogP contribution in [-0.2, 0) is 4.79 Å². The average Bonchev–Trinajstić information content (AvgIpc) is 3.13. The summed E-state index contributed by atoms with van der Waals surface area (Å²) in [5.41, 5.74) is 0.670. The molecule has 9 heteroatoms. The molecule has 1 aromatic carbocycles. The molecule has 130 valence electrons. The zero-order valence-electron chi connectivity index (χ0n) is 13.8. The molecule has 1 saturated heterocycles. The van der Waals surface area contributed by atoms with Gasteiger partial charge in [-0.2, -0.15) is 0 Å². The molecule has 0 aliphatic carbocycles. The van der Waals surface area contributed by atoms with E-state index < -0.39 is 18.2 Å². The summed E-state index contributed by atoms with van der Waals surface area (Å²) in [4.78, 5) is 27.9. The number of nitrogens with zero attached hydrogens (tertiary/aromatic N) is 5. The summed E-state index contributed by atoms with van der Waals surface area (Å²) < 4.78 is 15.0. The normalized spacial score (nSPS) is 22.0. The summed E-state index contributed by atoms with van der Waals surface area (Å²) in [5.74, 6) is 0.336. The van der Waals surface area contributed by atoms with Crippen LogP contribution in [0.25, 0.3) is 11.4 Å². The predicted molar refractivity (Wildman–Crippen MR) is 87.2 cm³/mol. The van der Waals surface area contributed by atoms with Crippen LogP contribution < -0.4 is 10.2 Å². The summed E-state index contributed by atoms with van der Waals surface area (Å²) in [6.45, 7) is 2.61. The molecular formula is C16H17FN6O2. The number of rotatable bonds is 3. The maximum absolute atomic E-state index is 13.2. The summed E-state index contributed by atoms with van der Waals surface area (Å²) in [6, 6.07) is 4.87. The van der Waals surface area contributed by atoms with Crippen LogP contribution in [0.2, 0.25) is 0 Å². The summed E-state index contributed by atoms with van der Waals surface area (Å²) in [5, 5.41) is 10.8. The van der Waals surface area contributed by atoms with Gasteiger partial charge in [-0.3, -0.25) is 14.7 Å². The molecule has 2 unspecified atom stereocenters. The Hall–Kier alpha value is -2.97. The number of amides is 3. The lowest BCUT2D eigenvalue weighted by Crippen LogP contribution is -2.61. The van der Waals surface area contributed by atoms with E-state index in [1.165, 1.54) is 17.0 Å². The van der Waals surface area contributed by atoms with E-state index in [-0.39, 0.29) is 11.7 Å². The highest BCUT2D eigenvalue weighted by atomic mass is 19.1. The van der Waals surface area contributed by atoms with Crippen molar-refractivity contribution in [2.45, 2.75) is 25.6 Å². The molecule has 2 aromatic rings. The third-order valence-electron chi connectivity index (χ3n) is 4.60. The lowest BCUT2D eigenvalue weighted by molar-refractivity contribution is -0.124. The minimum Gasteiger partial charge on any atom is -0.325 e. The van der Waals surface area contributed by atoms with Crippen molar-refractivity contribution in [2.24, 2.45) is 0 Å². The van der Waals surface area contributed by atoms with Gasteiger partial charge in [0.2, 0.25) is 5.95 Å². The average molecular weight is 344 g/mol. The number of fused-ring (bicyclic) bond motifs is 3. The van der Waals surface area contributed by atoms with E-state index in [1.807, 2.05) is 11.8 Å². The van der Waals surface area contributed by atoms with Gasteiger partial charge >= 0.3 is 6.03 Å². The fourth-order valence-corrected chi connectivity index (χ4v) is 3.47. The van der Waals surface area contributed by atoms with Crippen molar-refractivity contribution in [3.63, 3.8) is 0 Å². The van der Waals surface area contributed by atoms with Gasteiger partial charge in [-0.25, -0.2) is 9.18 Å². The number of carbonyl (C=O) groups excluding carboxylic acids is 2. The number of likely N-dealkylation sites (N-methyl/N-ethyl adjacent to an activating group) is 1. The standard InChI is InChI=1S/C16H17FN6O2/c1-3-8-22-11-13(24)18-16(25)21(2)14(11)23-12(19-20-15(22)23)9-4-6-10(17)7-5-9/h4-7,11,14H,3,8H2,1-2H3,(H,18,24,25). The number of aromatic nitrogens is 3. The topological polar surface area (TPSA) is 83.4 Å². The second kappa shape index (κ2) is 5.54. The monoisotopic (exact) mass is 344 g/mol. The Morgan fingerprint density at radius 3 is 2.60 bits per heavy atom. The number of hydrogen-bond donors (Lipinski definition) is 1. The number of halogens is 1. The van der Waals surface area contributed by atoms with Gasteiger partial charge in [0.1, 0.15) is 12.0 Å². The van der Waals surface area contributed by atoms with Gasteiger partial charge in [-0.1, -0.05) is 6.92 Å². The van der Waals surface area contributed by atoms with Gasteiger partial charge in [0.05, 0.1) is 0 Å². The molecule has 2 atom stereocenters. The number of hydrogen-bond acceptors (Lipinski definition) is 5.